The molecule has 0 atom stereocenters. The number of carbonyl (C=O) groups is 1. The highest BCUT2D eigenvalue weighted by molar-refractivity contribution is 9.10. The van der Waals surface area contributed by atoms with Crippen LogP contribution in [0.2, 0.25) is 0 Å². The molecule has 0 aliphatic heterocycles. The van der Waals surface area contributed by atoms with Crippen molar-refractivity contribution in [3.8, 4) is 11.8 Å². The minimum Gasteiger partial charge on any atom is -0.492 e. The Bertz CT molecular complexity index is 853. The summed E-state index contributed by atoms with van der Waals surface area (Å²) in [6.07, 6.45) is 3.29. The minimum atomic E-state index is -0.421. The first-order valence-corrected chi connectivity index (χ1v) is 9.31. The molecule has 0 aromatic heterocycles. The molecule has 2 rings (SSSR count). The van der Waals surface area contributed by atoms with E-state index in [2.05, 4.69) is 21.2 Å². The van der Waals surface area contributed by atoms with Crippen LogP contribution >= 0.6 is 15.9 Å². The SMILES string of the molecule is CCCOc1ccc(/C=C(\C#N)C(=O)Nc2ccccc2CC)cc1Br. The summed E-state index contributed by atoms with van der Waals surface area (Å²) in [6, 6.07) is 15.0. The average molecular weight is 413 g/mol. The van der Waals surface area contributed by atoms with Crippen LogP contribution in [0.5, 0.6) is 5.75 Å². The summed E-state index contributed by atoms with van der Waals surface area (Å²) < 4.78 is 6.40. The van der Waals surface area contributed by atoms with Crippen LogP contribution in [0.1, 0.15) is 31.4 Å². The van der Waals surface area contributed by atoms with Gasteiger partial charge in [-0.15, -0.1) is 0 Å². The molecule has 2 aromatic rings. The van der Waals surface area contributed by atoms with Gasteiger partial charge in [0.1, 0.15) is 17.4 Å². The molecule has 0 spiro atoms. The summed E-state index contributed by atoms with van der Waals surface area (Å²) in [7, 11) is 0. The molecule has 0 fully saturated rings. The summed E-state index contributed by atoms with van der Waals surface area (Å²) in [5.74, 6) is 0.319. The molecular formula is C21H21BrN2O2. The summed E-state index contributed by atoms with van der Waals surface area (Å²) in [5.41, 5.74) is 2.55. The van der Waals surface area contributed by atoms with Crippen LogP contribution in [-0.2, 0) is 11.2 Å². The molecule has 4 nitrogen and oxygen atoms in total. The van der Waals surface area contributed by atoms with E-state index in [9.17, 15) is 10.1 Å². The monoisotopic (exact) mass is 412 g/mol. The fourth-order valence-corrected chi connectivity index (χ4v) is 2.90. The smallest absolute Gasteiger partial charge is 0.266 e. The van der Waals surface area contributed by atoms with E-state index in [1.807, 2.05) is 62.4 Å². The molecule has 0 radical (unpaired) electrons. The Morgan fingerprint density at radius 2 is 2.04 bits per heavy atom. The molecule has 1 N–H and O–H groups in total. The van der Waals surface area contributed by atoms with Gasteiger partial charge in [-0.05, 0) is 64.2 Å². The standard InChI is InChI=1S/C21H21BrN2O2/c1-3-11-26-20-10-9-15(13-18(20)22)12-17(14-23)21(25)24-19-8-6-5-7-16(19)4-2/h5-10,12-13H,3-4,11H2,1-2H3,(H,24,25)/b17-12+. The lowest BCUT2D eigenvalue weighted by Gasteiger charge is -2.09. The topological polar surface area (TPSA) is 62.1 Å². The third-order valence-electron chi connectivity index (χ3n) is 3.74. The molecule has 0 saturated carbocycles. The highest BCUT2D eigenvalue weighted by atomic mass is 79.9. The van der Waals surface area contributed by atoms with Gasteiger partial charge in [0, 0.05) is 5.69 Å². The average Bonchev–Trinajstić information content (AvgIpc) is 2.65. The summed E-state index contributed by atoms with van der Waals surface area (Å²) in [4.78, 5) is 12.5. The van der Waals surface area contributed by atoms with E-state index in [4.69, 9.17) is 4.74 Å². The van der Waals surface area contributed by atoms with Crippen LogP contribution in [-0.4, -0.2) is 12.5 Å². The minimum absolute atomic E-state index is 0.0463. The Kier molecular flexibility index (Phi) is 7.43. The van der Waals surface area contributed by atoms with Crippen molar-refractivity contribution in [2.45, 2.75) is 26.7 Å². The van der Waals surface area contributed by atoms with Crippen LogP contribution in [0, 0.1) is 11.3 Å². The molecule has 0 bridgehead atoms. The van der Waals surface area contributed by atoms with Gasteiger partial charge in [0.2, 0.25) is 0 Å². The number of nitrogens with one attached hydrogen (secondary N) is 1. The maximum atomic E-state index is 12.5. The predicted octanol–water partition coefficient (Wildman–Crippen LogP) is 5.35. The van der Waals surface area contributed by atoms with Gasteiger partial charge in [-0.2, -0.15) is 5.26 Å². The first-order valence-electron chi connectivity index (χ1n) is 8.52. The van der Waals surface area contributed by atoms with Crippen molar-refractivity contribution >= 4 is 33.6 Å². The number of hydrogen-bond acceptors (Lipinski definition) is 3. The van der Waals surface area contributed by atoms with Crippen LogP contribution < -0.4 is 10.1 Å². The number of hydrogen-bond donors (Lipinski definition) is 1. The maximum Gasteiger partial charge on any atom is 0.266 e. The van der Waals surface area contributed by atoms with E-state index >= 15 is 0 Å². The van der Waals surface area contributed by atoms with Crippen molar-refractivity contribution in [3.63, 3.8) is 0 Å². The lowest BCUT2D eigenvalue weighted by atomic mass is 10.1. The van der Waals surface area contributed by atoms with Gasteiger partial charge in [0.15, 0.2) is 0 Å². The molecule has 1 amide bonds. The van der Waals surface area contributed by atoms with Crippen molar-refractivity contribution in [2.24, 2.45) is 0 Å². The number of carbonyl (C=O) groups excluding carboxylic acids is 1. The lowest BCUT2D eigenvalue weighted by Crippen LogP contribution is -2.14. The number of amides is 1. The van der Waals surface area contributed by atoms with Gasteiger partial charge in [-0.25, -0.2) is 0 Å². The Balaban J connectivity index is 2.20. The number of aryl methyl sites for hydroxylation is 1. The molecular weight excluding hydrogens is 392 g/mol. The van der Waals surface area contributed by atoms with Crippen LogP contribution in [0.25, 0.3) is 6.08 Å². The van der Waals surface area contributed by atoms with Gasteiger partial charge in [-0.3, -0.25) is 4.79 Å². The van der Waals surface area contributed by atoms with Crippen LogP contribution in [0.3, 0.4) is 0 Å². The fraction of sp³-hybridized carbons (Fsp3) is 0.238. The maximum absolute atomic E-state index is 12.5. The predicted molar refractivity (Wildman–Crippen MR) is 108 cm³/mol. The molecule has 134 valence electrons. The zero-order chi connectivity index (χ0) is 18.9. The number of para-hydroxylation sites is 1. The number of rotatable bonds is 7. The molecule has 2 aromatic carbocycles. The number of ether oxygens (including phenoxy) is 1. The van der Waals surface area contributed by atoms with E-state index in [1.165, 1.54) is 0 Å². The van der Waals surface area contributed by atoms with Crippen molar-refractivity contribution in [1.29, 1.82) is 5.26 Å². The molecule has 0 saturated heterocycles. The van der Waals surface area contributed by atoms with Gasteiger partial charge in [-0.1, -0.05) is 38.1 Å². The van der Waals surface area contributed by atoms with Crippen molar-refractivity contribution in [2.75, 3.05) is 11.9 Å². The largest absolute Gasteiger partial charge is 0.492 e. The molecule has 0 aliphatic carbocycles. The van der Waals surface area contributed by atoms with E-state index in [1.54, 1.807) is 6.08 Å². The number of anilines is 1. The zero-order valence-electron chi connectivity index (χ0n) is 14.9. The Morgan fingerprint density at radius 3 is 2.69 bits per heavy atom. The zero-order valence-corrected chi connectivity index (χ0v) is 16.5. The first kappa shape index (κ1) is 19.7. The fourth-order valence-electron chi connectivity index (χ4n) is 2.39. The number of nitrogens with zero attached hydrogens (tertiary/aromatic N) is 1. The van der Waals surface area contributed by atoms with E-state index in [0.29, 0.717) is 6.61 Å². The Morgan fingerprint density at radius 1 is 1.27 bits per heavy atom. The van der Waals surface area contributed by atoms with Gasteiger partial charge < -0.3 is 10.1 Å². The third-order valence-corrected chi connectivity index (χ3v) is 4.36. The second kappa shape index (κ2) is 9.79. The second-order valence-electron chi connectivity index (χ2n) is 5.67. The molecule has 0 aliphatic rings. The molecule has 5 heteroatoms. The second-order valence-corrected chi connectivity index (χ2v) is 6.53. The van der Waals surface area contributed by atoms with E-state index < -0.39 is 5.91 Å². The number of benzene rings is 2. The molecule has 0 heterocycles. The van der Waals surface area contributed by atoms with Gasteiger partial charge in [0.25, 0.3) is 5.91 Å². The highest BCUT2D eigenvalue weighted by Gasteiger charge is 2.12. The van der Waals surface area contributed by atoms with E-state index in [-0.39, 0.29) is 5.57 Å². The molecule has 26 heavy (non-hydrogen) atoms. The van der Waals surface area contributed by atoms with Gasteiger partial charge in [0.05, 0.1) is 11.1 Å². The number of nitriles is 1. The highest BCUT2D eigenvalue weighted by Crippen LogP contribution is 2.27. The van der Waals surface area contributed by atoms with Crippen LogP contribution in [0.15, 0.2) is 52.5 Å². The Hall–Kier alpha value is -2.58. The summed E-state index contributed by atoms with van der Waals surface area (Å²) in [6.45, 7) is 4.70. The normalized spacial score (nSPS) is 10.9. The first-order chi connectivity index (χ1) is 12.6. The summed E-state index contributed by atoms with van der Waals surface area (Å²) >= 11 is 3.46. The third kappa shape index (κ3) is 5.21. The lowest BCUT2D eigenvalue weighted by molar-refractivity contribution is -0.112. The van der Waals surface area contributed by atoms with Crippen molar-refractivity contribution < 1.29 is 9.53 Å². The summed E-state index contributed by atoms with van der Waals surface area (Å²) in [5, 5.41) is 12.2. The van der Waals surface area contributed by atoms with E-state index in [0.717, 1.165) is 39.9 Å². The quantitative estimate of drug-likeness (QED) is 0.492. The number of halogens is 1. The van der Waals surface area contributed by atoms with Gasteiger partial charge >= 0.3 is 0 Å². The molecule has 0 unspecified atom stereocenters. The van der Waals surface area contributed by atoms with Crippen molar-refractivity contribution in [3.05, 3.63) is 63.6 Å². The van der Waals surface area contributed by atoms with Crippen molar-refractivity contribution in [1.82, 2.24) is 0 Å². The van der Waals surface area contributed by atoms with Crippen LogP contribution in [0.4, 0.5) is 5.69 Å². The Labute approximate surface area is 162 Å².